The van der Waals surface area contributed by atoms with Crippen molar-refractivity contribution in [2.24, 2.45) is 0 Å². The minimum Gasteiger partial charge on any atom is -0.314 e. The number of hydrogen-bond donors (Lipinski definition) is 1. The second-order valence-corrected chi connectivity index (χ2v) is 4.35. The lowest BCUT2D eigenvalue weighted by Gasteiger charge is -2.17. The van der Waals surface area contributed by atoms with Crippen LogP contribution in [-0.4, -0.2) is 22.4 Å². The van der Waals surface area contributed by atoms with Gasteiger partial charge in [-0.2, -0.15) is 5.10 Å². The lowest BCUT2D eigenvalue weighted by Crippen LogP contribution is -2.30. The van der Waals surface area contributed by atoms with Crippen molar-refractivity contribution in [1.29, 1.82) is 0 Å². The predicted octanol–water partition coefficient (Wildman–Crippen LogP) is 2.83. The molecular weight excluding hydrogens is 198 g/mol. The number of aryl methyl sites for hydroxylation is 1. The maximum atomic E-state index is 4.19. The third-order valence-corrected chi connectivity index (χ3v) is 2.83. The zero-order valence-corrected chi connectivity index (χ0v) is 10.7. The van der Waals surface area contributed by atoms with Crippen LogP contribution in [0.3, 0.4) is 0 Å². The van der Waals surface area contributed by atoms with Crippen molar-refractivity contribution in [3.63, 3.8) is 0 Å². The van der Waals surface area contributed by atoms with Crippen molar-refractivity contribution < 1.29 is 0 Å². The van der Waals surface area contributed by atoms with Crippen LogP contribution in [0.2, 0.25) is 0 Å². The molecule has 0 bridgehead atoms. The topological polar surface area (TPSA) is 29.9 Å². The molecule has 0 aromatic carbocycles. The summed E-state index contributed by atoms with van der Waals surface area (Å²) < 4.78 is 2.00. The van der Waals surface area contributed by atoms with Gasteiger partial charge in [-0.05, 0) is 31.9 Å². The molecule has 3 nitrogen and oxygen atoms in total. The molecule has 0 fully saturated rings. The molecule has 92 valence electrons. The first-order valence-electron chi connectivity index (χ1n) is 6.57. The molecule has 16 heavy (non-hydrogen) atoms. The Morgan fingerprint density at radius 2 is 2.00 bits per heavy atom. The standard InChI is InChI=1S/C13H25N3/c1-3-7-13(8-4-2)14-9-5-11-16-12-6-10-15-16/h6,10,12-14H,3-5,7-9,11H2,1-2H3. The Balaban J connectivity index is 2.08. The molecule has 0 saturated heterocycles. The molecule has 1 aromatic heterocycles. The van der Waals surface area contributed by atoms with Gasteiger partial charge in [0.05, 0.1) is 0 Å². The molecule has 0 aliphatic heterocycles. The van der Waals surface area contributed by atoms with Gasteiger partial charge >= 0.3 is 0 Å². The average molecular weight is 223 g/mol. The summed E-state index contributed by atoms with van der Waals surface area (Å²) >= 11 is 0. The monoisotopic (exact) mass is 223 g/mol. The smallest absolute Gasteiger partial charge is 0.0489 e. The van der Waals surface area contributed by atoms with Crippen molar-refractivity contribution in [1.82, 2.24) is 15.1 Å². The van der Waals surface area contributed by atoms with Crippen molar-refractivity contribution in [2.45, 2.75) is 58.5 Å². The van der Waals surface area contributed by atoms with E-state index >= 15 is 0 Å². The van der Waals surface area contributed by atoms with Gasteiger partial charge in [0.1, 0.15) is 0 Å². The minimum absolute atomic E-state index is 0.715. The first kappa shape index (κ1) is 13.2. The van der Waals surface area contributed by atoms with Gasteiger partial charge in [-0.3, -0.25) is 4.68 Å². The molecule has 1 aromatic rings. The van der Waals surface area contributed by atoms with Crippen LogP contribution >= 0.6 is 0 Å². The van der Waals surface area contributed by atoms with Crippen LogP contribution < -0.4 is 5.32 Å². The molecule has 0 amide bonds. The molecule has 0 unspecified atom stereocenters. The molecular formula is C13H25N3. The summed E-state index contributed by atoms with van der Waals surface area (Å²) in [4.78, 5) is 0. The van der Waals surface area contributed by atoms with Gasteiger partial charge in [0.25, 0.3) is 0 Å². The fraction of sp³-hybridized carbons (Fsp3) is 0.769. The molecule has 1 N–H and O–H groups in total. The number of rotatable bonds is 9. The Kier molecular flexibility index (Phi) is 6.90. The third kappa shape index (κ3) is 5.31. The van der Waals surface area contributed by atoms with E-state index in [1.807, 2.05) is 23.1 Å². The first-order chi connectivity index (χ1) is 7.86. The Morgan fingerprint density at radius 3 is 2.56 bits per heavy atom. The fourth-order valence-electron chi connectivity index (χ4n) is 2.03. The van der Waals surface area contributed by atoms with Crippen LogP contribution in [-0.2, 0) is 6.54 Å². The lowest BCUT2D eigenvalue weighted by molar-refractivity contribution is 0.428. The van der Waals surface area contributed by atoms with Crippen LogP contribution in [0.1, 0.15) is 46.0 Å². The number of nitrogens with one attached hydrogen (secondary N) is 1. The van der Waals surface area contributed by atoms with Crippen LogP contribution in [0, 0.1) is 0 Å². The Bertz CT molecular complexity index is 238. The van der Waals surface area contributed by atoms with Crippen LogP contribution in [0.5, 0.6) is 0 Å². The van der Waals surface area contributed by atoms with Crippen molar-refractivity contribution >= 4 is 0 Å². The zero-order chi connectivity index (χ0) is 11.6. The molecule has 0 spiro atoms. The van der Waals surface area contributed by atoms with Crippen molar-refractivity contribution in [3.8, 4) is 0 Å². The van der Waals surface area contributed by atoms with Crippen LogP contribution in [0.4, 0.5) is 0 Å². The Labute approximate surface area is 99.2 Å². The molecule has 0 atom stereocenters. The summed E-state index contributed by atoms with van der Waals surface area (Å²) in [6, 6.07) is 2.69. The molecule has 0 saturated carbocycles. The number of hydrogen-bond acceptors (Lipinski definition) is 2. The van der Waals surface area contributed by atoms with Crippen molar-refractivity contribution in [2.75, 3.05) is 6.54 Å². The maximum Gasteiger partial charge on any atom is 0.0489 e. The van der Waals surface area contributed by atoms with Gasteiger partial charge in [-0.1, -0.05) is 26.7 Å². The van der Waals surface area contributed by atoms with E-state index in [0.717, 1.165) is 19.5 Å². The summed E-state index contributed by atoms with van der Waals surface area (Å²) in [5, 5.41) is 7.84. The minimum atomic E-state index is 0.715. The summed E-state index contributed by atoms with van der Waals surface area (Å²) in [5.41, 5.74) is 0. The largest absolute Gasteiger partial charge is 0.314 e. The SMILES string of the molecule is CCCC(CCC)NCCCn1cccn1. The lowest BCUT2D eigenvalue weighted by atomic mass is 10.1. The highest BCUT2D eigenvalue weighted by Gasteiger charge is 2.04. The van der Waals surface area contributed by atoms with E-state index in [0.29, 0.717) is 6.04 Å². The normalized spacial score (nSPS) is 11.2. The summed E-state index contributed by atoms with van der Waals surface area (Å²) in [6.45, 7) is 6.64. The van der Waals surface area contributed by atoms with Gasteiger partial charge in [-0.15, -0.1) is 0 Å². The second kappa shape index (κ2) is 8.34. The highest BCUT2D eigenvalue weighted by molar-refractivity contribution is 4.77. The van der Waals surface area contributed by atoms with Gasteiger partial charge < -0.3 is 5.32 Å². The van der Waals surface area contributed by atoms with Gasteiger partial charge in [0, 0.05) is 25.0 Å². The van der Waals surface area contributed by atoms with Gasteiger partial charge in [0.2, 0.25) is 0 Å². The van der Waals surface area contributed by atoms with E-state index in [2.05, 4.69) is 24.3 Å². The summed E-state index contributed by atoms with van der Waals surface area (Å²) in [7, 11) is 0. The second-order valence-electron chi connectivity index (χ2n) is 4.35. The quantitative estimate of drug-likeness (QED) is 0.652. The van der Waals surface area contributed by atoms with E-state index in [4.69, 9.17) is 0 Å². The molecule has 3 heteroatoms. The highest BCUT2D eigenvalue weighted by Crippen LogP contribution is 2.04. The Morgan fingerprint density at radius 1 is 1.25 bits per heavy atom. The molecule has 0 aliphatic rings. The predicted molar refractivity (Wildman–Crippen MR) is 68.5 cm³/mol. The van der Waals surface area contributed by atoms with E-state index in [-0.39, 0.29) is 0 Å². The zero-order valence-electron chi connectivity index (χ0n) is 10.7. The molecule has 1 heterocycles. The third-order valence-electron chi connectivity index (χ3n) is 2.83. The fourth-order valence-corrected chi connectivity index (χ4v) is 2.03. The Hall–Kier alpha value is -0.830. The van der Waals surface area contributed by atoms with E-state index in [1.165, 1.54) is 25.7 Å². The van der Waals surface area contributed by atoms with Crippen LogP contribution in [0.25, 0.3) is 0 Å². The summed E-state index contributed by atoms with van der Waals surface area (Å²) in [6.07, 6.45) is 10.2. The molecule has 0 aliphatic carbocycles. The maximum absolute atomic E-state index is 4.19. The number of aromatic nitrogens is 2. The van der Waals surface area contributed by atoms with E-state index < -0.39 is 0 Å². The van der Waals surface area contributed by atoms with E-state index in [1.54, 1.807) is 0 Å². The number of nitrogens with zero attached hydrogens (tertiary/aromatic N) is 2. The highest BCUT2D eigenvalue weighted by atomic mass is 15.3. The van der Waals surface area contributed by atoms with Crippen LogP contribution in [0.15, 0.2) is 18.5 Å². The van der Waals surface area contributed by atoms with Crippen molar-refractivity contribution in [3.05, 3.63) is 18.5 Å². The van der Waals surface area contributed by atoms with Gasteiger partial charge in [-0.25, -0.2) is 0 Å². The average Bonchev–Trinajstić information content (AvgIpc) is 2.78. The molecule has 1 rings (SSSR count). The summed E-state index contributed by atoms with van der Waals surface area (Å²) in [5.74, 6) is 0. The first-order valence-corrected chi connectivity index (χ1v) is 6.57. The van der Waals surface area contributed by atoms with E-state index in [9.17, 15) is 0 Å². The van der Waals surface area contributed by atoms with Gasteiger partial charge in [0.15, 0.2) is 0 Å². The molecule has 0 radical (unpaired) electrons.